The lowest BCUT2D eigenvalue weighted by molar-refractivity contribution is -0.113. The first-order chi connectivity index (χ1) is 11.2. The van der Waals surface area contributed by atoms with Crippen LogP contribution in [0.15, 0.2) is 58.6 Å². The number of aromatic nitrogens is 2. The van der Waals surface area contributed by atoms with Crippen LogP contribution in [0.3, 0.4) is 0 Å². The van der Waals surface area contributed by atoms with Gasteiger partial charge in [-0.3, -0.25) is 4.79 Å². The summed E-state index contributed by atoms with van der Waals surface area (Å²) >= 11 is 3.10. The average molecular weight is 343 g/mol. The summed E-state index contributed by atoms with van der Waals surface area (Å²) in [5.74, 6) is 0.306. The van der Waals surface area contributed by atoms with Crippen molar-refractivity contribution in [2.24, 2.45) is 7.05 Å². The summed E-state index contributed by atoms with van der Waals surface area (Å²) < 4.78 is 2.02. The van der Waals surface area contributed by atoms with Crippen molar-refractivity contribution in [2.75, 3.05) is 17.3 Å². The van der Waals surface area contributed by atoms with Crippen molar-refractivity contribution in [3.63, 3.8) is 0 Å². The minimum Gasteiger partial charge on any atom is -0.325 e. The van der Waals surface area contributed by atoms with E-state index >= 15 is 0 Å². The van der Waals surface area contributed by atoms with Crippen molar-refractivity contribution in [3.05, 3.63) is 48.5 Å². The number of rotatable bonds is 5. The monoisotopic (exact) mass is 343 g/mol. The zero-order valence-electron chi connectivity index (χ0n) is 12.9. The Morgan fingerprint density at radius 3 is 2.83 bits per heavy atom. The molecule has 1 aromatic heterocycles. The van der Waals surface area contributed by atoms with Crippen molar-refractivity contribution in [3.8, 4) is 0 Å². The molecule has 0 radical (unpaired) electrons. The van der Waals surface area contributed by atoms with E-state index in [9.17, 15) is 4.79 Å². The number of benzene rings is 2. The lowest BCUT2D eigenvalue weighted by Crippen LogP contribution is -2.14. The first kappa shape index (κ1) is 16.0. The van der Waals surface area contributed by atoms with E-state index in [0.717, 1.165) is 26.8 Å². The van der Waals surface area contributed by atoms with Crippen LogP contribution in [0.1, 0.15) is 0 Å². The second kappa shape index (κ2) is 7.10. The molecular weight excluding hydrogens is 326 g/mol. The number of imidazole rings is 1. The van der Waals surface area contributed by atoms with Crippen LogP contribution in [0, 0.1) is 0 Å². The van der Waals surface area contributed by atoms with Gasteiger partial charge in [-0.1, -0.05) is 30.0 Å². The van der Waals surface area contributed by atoms with E-state index in [1.54, 1.807) is 11.8 Å². The minimum absolute atomic E-state index is 0.0275. The highest BCUT2D eigenvalue weighted by Gasteiger charge is 2.10. The number of amides is 1. The van der Waals surface area contributed by atoms with Gasteiger partial charge in [0.15, 0.2) is 5.16 Å². The highest BCUT2D eigenvalue weighted by molar-refractivity contribution is 7.99. The summed E-state index contributed by atoms with van der Waals surface area (Å²) in [5.41, 5.74) is 2.85. The van der Waals surface area contributed by atoms with Crippen molar-refractivity contribution in [2.45, 2.75) is 10.1 Å². The third kappa shape index (κ3) is 3.71. The average Bonchev–Trinajstić information content (AvgIpc) is 2.90. The van der Waals surface area contributed by atoms with Crippen LogP contribution in [0.5, 0.6) is 0 Å². The van der Waals surface area contributed by atoms with Gasteiger partial charge in [-0.05, 0) is 36.6 Å². The molecule has 0 saturated carbocycles. The Labute approximate surface area is 143 Å². The molecule has 3 aromatic rings. The molecule has 1 N–H and O–H groups in total. The fourth-order valence-corrected chi connectivity index (χ4v) is 3.53. The van der Waals surface area contributed by atoms with E-state index < -0.39 is 0 Å². The molecule has 0 aliphatic carbocycles. The van der Waals surface area contributed by atoms with Gasteiger partial charge in [0.25, 0.3) is 0 Å². The van der Waals surface area contributed by atoms with Crippen LogP contribution in [0.2, 0.25) is 0 Å². The molecule has 0 unspecified atom stereocenters. The number of carbonyl (C=O) groups excluding carboxylic acids is 1. The summed E-state index contributed by atoms with van der Waals surface area (Å²) in [7, 11) is 1.97. The first-order valence-corrected chi connectivity index (χ1v) is 9.36. The molecule has 0 atom stereocenters. The second-order valence-corrected chi connectivity index (χ2v) is 6.83. The fraction of sp³-hybridized carbons (Fsp3) is 0.176. The van der Waals surface area contributed by atoms with Crippen LogP contribution in [0.4, 0.5) is 5.69 Å². The van der Waals surface area contributed by atoms with Gasteiger partial charge in [0, 0.05) is 17.6 Å². The van der Waals surface area contributed by atoms with E-state index in [-0.39, 0.29) is 5.91 Å². The summed E-state index contributed by atoms with van der Waals surface area (Å²) in [6.07, 6.45) is 2.02. The van der Waals surface area contributed by atoms with Crippen molar-refractivity contribution >= 4 is 46.2 Å². The fourth-order valence-electron chi connectivity index (χ4n) is 2.28. The molecule has 0 saturated heterocycles. The van der Waals surface area contributed by atoms with E-state index in [0.29, 0.717) is 5.75 Å². The highest BCUT2D eigenvalue weighted by atomic mass is 32.2. The number of anilines is 1. The van der Waals surface area contributed by atoms with E-state index in [1.807, 2.05) is 66.4 Å². The third-order valence-corrected chi connectivity index (χ3v) is 5.19. The molecule has 3 rings (SSSR count). The molecule has 0 fully saturated rings. The predicted molar refractivity (Wildman–Crippen MR) is 98.3 cm³/mol. The van der Waals surface area contributed by atoms with Gasteiger partial charge >= 0.3 is 0 Å². The molecule has 0 bridgehead atoms. The van der Waals surface area contributed by atoms with Gasteiger partial charge in [-0.25, -0.2) is 4.98 Å². The third-order valence-electron chi connectivity index (χ3n) is 3.43. The van der Waals surface area contributed by atoms with Gasteiger partial charge in [-0.15, -0.1) is 11.8 Å². The summed E-state index contributed by atoms with van der Waals surface area (Å²) in [6, 6.07) is 15.8. The Kier molecular flexibility index (Phi) is 4.93. The molecule has 1 amide bonds. The minimum atomic E-state index is -0.0275. The van der Waals surface area contributed by atoms with E-state index in [1.165, 1.54) is 11.8 Å². The van der Waals surface area contributed by atoms with Crippen LogP contribution < -0.4 is 5.32 Å². The zero-order valence-corrected chi connectivity index (χ0v) is 14.6. The van der Waals surface area contributed by atoms with Gasteiger partial charge in [-0.2, -0.15) is 0 Å². The zero-order chi connectivity index (χ0) is 16.2. The Hall–Kier alpha value is -1.92. The van der Waals surface area contributed by atoms with Gasteiger partial charge in [0.05, 0.1) is 16.8 Å². The normalized spacial score (nSPS) is 10.9. The number of hydrogen-bond acceptors (Lipinski definition) is 4. The molecule has 0 spiro atoms. The van der Waals surface area contributed by atoms with E-state index in [2.05, 4.69) is 10.3 Å². The molecule has 23 heavy (non-hydrogen) atoms. The number of thioether (sulfide) groups is 2. The summed E-state index contributed by atoms with van der Waals surface area (Å²) in [5, 5.41) is 3.78. The standard InChI is InChI=1S/C17H17N3OS2/c1-20-15-9-4-3-8-14(15)19-17(20)23-11-16(21)18-12-6-5-7-13(10-12)22-2/h3-10H,11H2,1-2H3,(H,18,21). The Morgan fingerprint density at radius 1 is 1.22 bits per heavy atom. The van der Waals surface area contributed by atoms with E-state index in [4.69, 9.17) is 0 Å². The Balaban J connectivity index is 1.65. The maximum atomic E-state index is 12.1. The molecule has 0 aliphatic heterocycles. The maximum Gasteiger partial charge on any atom is 0.234 e. The predicted octanol–water partition coefficient (Wildman–Crippen LogP) is 4.03. The number of nitrogens with zero attached hydrogens (tertiary/aromatic N) is 2. The van der Waals surface area contributed by atoms with Crippen molar-refractivity contribution in [1.82, 2.24) is 9.55 Å². The molecular formula is C17H17N3OS2. The summed E-state index contributed by atoms with van der Waals surface area (Å²) in [4.78, 5) is 17.8. The topological polar surface area (TPSA) is 46.9 Å². The second-order valence-electron chi connectivity index (χ2n) is 5.01. The molecule has 0 aliphatic rings. The van der Waals surface area contributed by atoms with Crippen LogP contribution >= 0.6 is 23.5 Å². The molecule has 118 valence electrons. The molecule has 2 aromatic carbocycles. The molecule has 4 nitrogen and oxygen atoms in total. The van der Waals surface area contributed by atoms with Gasteiger partial charge < -0.3 is 9.88 Å². The van der Waals surface area contributed by atoms with Crippen LogP contribution in [-0.4, -0.2) is 27.5 Å². The lowest BCUT2D eigenvalue weighted by atomic mass is 10.3. The number of aryl methyl sites for hydroxylation is 1. The first-order valence-electron chi connectivity index (χ1n) is 7.15. The maximum absolute atomic E-state index is 12.1. The number of carbonyl (C=O) groups is 1. The number of fused-ring (bicyclic) bond motifs is 1. The van der Waals surface area contributed by atoms with Crippen molar-refractivity contribution in [1.29, 1.82) is 0 Å². The van der Waals surface area contributed by atoms with Crippen LogP contribution in [0.25, 0.3) is 11.0 Å². The molecule has 1 heterocycles. The Morgan fingerprint density at radius 2 is 2.04 bits per heavy atom. The number of nitrogens with one attached hydrogen (secondary N) is 1. The number of para-hydroxylation sites is 2. The molecule has 6 heteroatoms. The lowest BCUT2D eigenvalue weighted by Gasteiger charge is -2.06. The quantitative estimate of drug-likeness (QED) is 0.711. The van der Waals surface area contributed by atoms with Crippen molar-refractivity contribution < 1.29 is 4.79 Å². The Bertz CT molecular complexity index is 845. The van der Waals surface area contributed by atoms with Gasteiger partial charge in [0.1, 0.15) is 0 Å². The number of hydrogen-bond donors (Lipinski definition) is 1. The largest absolute Gasteiger partial charge is 0.325 e. The van der Waals surface area contributed by atoms with Crippen LogP contribution in [-0.2, 0) is 11.8 Å². The SMILES string of the molecule is CSc1cccc(NC(=O)CSc2nc3ccccc3n2C)c1. The van der Waals surface area contributed by atoms with Gasteiger partial charge in [0.2, 0.25) is 5.91 Å². The summed E-state index contributed by atoms with van der Waals surface area (Å²) in [6.45, 7) is 0. The highest BCUT2D eigenvalue weighted by Crippen LogP contribution is 2.23. The smallest absolute Gasteiger partial charge is 0.234 e.